The first-order chi connectivity index (χ1) is 6.75. The van der Waals surface area contributed by atoms with Gasteiger partial charge in [-0.3, -0.25) is 0 Å². The van der Waals surface area contributed by atoms with Gasteiger partial charge in [-0.2, -0.15) is 0 Å². The first kappa shape index (κ1) is 9.40. The zero-order valence-corrected chi connectivity index (χ0v) is 8.31. The van der Waals surface area contributed by atoms with Gasteiger partial charge < -0.3 is 10.5 Å². The number of ether oxygens (including phenoxy) is 1. The Morgan fingerprint density at radius 1 is 1.50 bits per heavy atom. The fraction of sp³-hybridized carbons (Fsp3) is 0.600. The summed E-state index contributed by atoms with van der Waals surface area (Å²) in [5.74, 6) is 0. The lowest BCUT2D eigenvalue weighted by Crippen LogP contribution is -2.34. The van der Waals surface area contributed by atoms with Gasteiger partial charge >= 0.3 is 6.01 Å². The monoisotopic (exact) mass is 193 g/mol. The molecule has 0 unspecified atom stereocenters. The standard InChI is InChI=1S/C10H15N3O/c1-7-5-6-12-10(13-7)14-9-4-2-3-8(9)11/h5-6,8-9H,2-4,11H2,1H3/t8-,9-/m1/s1. The van der Waals surface area contributed by atoms with Crippen molar-refractivity contribution in [1.29, 1.82) is 0 Å². The van der Waals surface area contributed by atoms with E-state index in [1.807, 2.05) is 13.0 Å². The number of hydrogen-bond donors (Lipinski definition) is 1. The van der Waals surface area contributed by atoms with Gasteiger partial charge in [0, 0.05) is 17.9 Å². The molecule has 0 aliphatic heterocycles. The molecule has 4 nitrogen and oxygen atoms in total. The van der Waals surface area contributed by atoms with Crippen molar-refractivity contribution in [3.8, 4) is 6.01 Å². The molecule has 76 valence electrons. The van der Waals surface area contributed by atoms with E-state index >= 15 is 0 Å². The molecule has 1 saturated carbocycles. The zero-order valence-electron chi connectivity index (χ0n) is 8.31. The van der Waals surface area contributed by atoms with E-state index in [2.05, 4.69) is 9.97 Å². The highest BCUT2D eigenvalue weighted by atomic mass is 16.5. The van der Waals surface area contributed by atoms with Crippen LogP contribution in [0.5, 0.6) is 6.01 Å². The lowest BCUT2D eigenvalue weighted by molar-refractivity contribution is 0.175. The van der Waals surface area contributed by atoms with Gasteiger partial charge in [-0.05, 0) is 32.3 Å². The molecule has 1 fully saturated rings. The Morgan fingerprint density at radius 3 is 3.00 bits per heavy atom. The number of rotatable bonds is 2. The van der Waals surface area contributed by atoms with Crippen molar-refractivity contribution in [2.24, 2.45) is 5.73 Å². The molecular formula is C10H15N3O. The average Bonchev–Trinajstić information content (AvgIpc) is 2.52. The van der Waals surface area contributed by atoms with Gasteiger partial charge in [0.15, 0.2) is 0 Å². The lowest BCUT2D eigenvalue weighted by atomic mass is 10.2. The van der Waals surface area contributed by atoms with E-state index in [0.717, 1.165) is 25.0 Å². The molecule has 0 spiro atoms. The van der Waals surface area contributed by atoms with Crippen molar-refractivity contribution in [1.82, 2.24) is 9.97 Å². The summed E-state index contributed by atoms with van der Waals surface area (Å²) in [6.45, 7) is 1.92. The van der Waals surface area contributed by atoms with Gasteiger partial charge in [0.1, 0.15) is 6.10 Å². The van der Waals surface area contributed by atoms with Gasteiger partial charge in [0.25, 0.3) is 0 Å². The number of nitrogens with two attached hydrogens (primary N) is 1. The normalized spacial score (nSPS) is 26.4. The maximum atomic E-state index is 5.88. The van der Waals surface area contributed by atoms with E-state index in [1.165, 1.54) is 0 Å². The Labute approximate surface area is 83.5 Å². The minimum Gasteiger partial charge on any atom is -0.458 e. The highest BCUT2D eigenvalue weighted by molar-refractivity contribution is 5.04. The van der Waals surface area contributed by atoms with Crippen molar-refractivity contribution < 1.29 is 4.74 Å². The Balaban J connectivity index is 2.03. The van der Waals surface area contributed by atoms with Gasteiger partial charge in [-0.15, -0.1) is 0 Å². The first-order valence-electron chi connectivity index (χ1n) is 4.97. The topological polar surface area (TPSA) is 61.0 Å². The second-order valence-corrected chi connectivity index (χ2v) is 3.73. The second kappa shape index (κ2) is 3.92. The van der Waals surface area contributed by atoms with Crippen molar-refractivity contribution >= 4 is 0 Å². The van der Waals surface area contributed by atoms with Crippen molar-refractivity contribution in [3.63, 3.8) is 0 Å². The number of hydrogen-bond acceptors (Lipinski definition) is 4. The van der Waals surface area contributed by atoms with E-state index in [9.17, 15) is 0 Å². The molecule has 2 N–H and O–H groups in total. The van der Waals surface area contributed by atoms with E-state index in [-0.39, 0.29) is 12.1 Å². The third kappa shape index (κ3) is 2.01. The Bertz CT molecular complexity index is 316. The summed E-state index contributed by atoms with van der Waals surface area (Å²) in [7, 11) is 0. The van der Waals surface area contributed by atoms with Crippen molar-refractivity contribution in [3.05, 3.63) is 18.0 Å². The maximum Gasteiger partial charge on any atom is 0.316 e. The van der Waals surface area contributed by atoms with Crippen molar-refractivity contribution in [2.75, 3.05) is 0 Å². The van der Waals surface area contributed by atoms with Gasteiger partial charge in [0.2, 0.25) is 0 Å². The van der Waals surface area contributed by atoms with Crippen LogP contribution >= 0.6 is 0 Å². The number of nitrogens with zero attached hydrogens (tertiary/aromatic N) is 2. The van der Waals surface area contributed by atoms with E-state index in [4.69, 9.17) is 10.5 Å². The minimum atomic E-state index is 0.0943. The third-order valence-corrected chi connectivity index (χ3v) is 2.53. The fourth-order valence-corrected chi connectivity index (χ4v) is 1.72. The molecular weight excluding hydrogens is 178 g/mol. The molecule has 0 amide bonds. The Hall–Kier alpha value is -1.16. The summed E-state index contributed by atoms with van der Waals surface area (Å²) in [6, 6.07) is 2.44. The summed E-state index contributed by atoms with van der Waals surface area (Å²) in [6.07, 6.45) is 4.99. The molecule has 1 aliphatic rings. The van der Waals surface area contributed by atoms with Crippen LogP contribution in [0.3, 0.4) is 0 Å². The molecule has 2 atom stereocenters. The maximum absolute atomic E-state index is 5.88. The third-order valence-electron chi connectivity index (χ3n) is 2.53. The Morgan fingerprint density at radius 2 is 2.36 bits per heavy atom. The van der Waals surface area contributed by atoms with E-state index in [0.29, 0.717) is 6.01 Å². The molecule has 0 bridgehead atoms. The van der Waals surface area contributed by atoms with E-state index < -0.39 is 0 Å². The summed E-state index contributed by atoms with van der Waals surface area (Å²) < 4.78 is 5.62. The molecule has 0 aromatic carbocycles. The van der Waals surface area contributed by atoms with Gasteiger partial charge in [-0.25, -0.2) is 9.97 Å². The smallest absolute Gasteiger partial charge is 0.316 e. The summed E-state index contributed by atoms with van der Waals surface area (Å²) in [5, 5.41) is 0. The summed E-state index contributed by atoms with van der Waals surface area (Å²) in [4.78, 5) is 8.23. The van der Waals surface area contributed by atoms with Crippen molar-refractivity contribution in [2.45, 2.75) is 38.3 Å². The highest BCUT2D eigenvalue weighted by Gasteiger charge is 2.26. The van der Waals surface area contributed by atoms with Gasteiger partial charge in [0.05, 0.1) is 0 Å². The highest BCUT2D eigenvalue weighted by Crippen LogP contribution is 2.21. The molecule has 0 saturated heterocycles. The quantitative estimate of drug-likeness (QED) is 0.762. The SMILES string of the molecule is Cc1ccnc(O[C@@H]2CCC[C@H]2N)n1. The predicted octanol–water partition coefficient (Wildman–Crippen LogP) is 1.04. The van der Waals surface area contributed by atoms with Crippen LogP contribution in [-0.2, 0) is 0 Å². The molecule has 2 rings (SSSR count). The Kier molecular flexibility index (Phi) is 2.63. The number of aromatic nitrogens is 2. The molecule has 1 aromatic heterocycles. The molecule has 1 aliphatic carbocycles. The molecule has 14 heavy (non-hydrogen) atoms. The minimum absolute atomic E-state index is 0.0943. The average molecular weight is 193 g/mol. The van der Waals surface area contributed by atoms with E-state index in [1.54, 1.807) is 6.20 Å². The van der Waals surface area contributed by atoms with Crippen LogP contribution in [-0.4, -0.2) is 22.1 Å². The lowest BCUT2D eigenvalue weighted by Gasteiger charge is -2.15. The molecule has 4 heteroatoms. The second-order valence-electron chi connectivity index (χ2n) is 3.73. The van der Waals surface area contributed by atoms with Crippen LogP contribution < -0.4 is 10.5 Å². The van der Waals surface area contributed by atoms with Crippen LogP contribution in [0, 0.1) is 6.92 Å². The molecule has 1 heterocycles. The van der Waals surface area contributed by atoms with Crippen LogP contribution in [0.15, 0.2) is 12.3 Å². The summed E-state index contributed by atoms with van der Waals surface area (Å²) in [5.41, 5.74) is 6.80. The fourth-order valence-electron chi connectivity index (χ4n) is 1.72. The number of aryl methyl sites for hydroxylation is 1. The summed E-state index contributed by atoms with van der Waals surface area (Å²) >= 11 is 0. The molecule has 1 aromatic rings. The predicted molar refractivity (Wildman–Crippen MR) is 53.0 cm³/mol. The zero-order chi connectivity index (χ0) is 9.97. The van der Waals surface area contributed by atoms with Crippen LogP contribution in [0.2, 0.25) is 0 Å². The van der Waals surface area contributed by atoms with Crippen LogP contribution in [0.25, 0.3) is 0 Å². The van der Waals surface area contributed by atoms with Crippen LogP contribution in [0.4, 0.5) is 0 Å². The van der Waals surface area contributed by atoms with Crippen LogP contribution in [0.1, 0.15) is 25.0 Å². The van der Waals surface area contributed by atoms with Gasteiger partial charge in [-0.1, -0.05) is 0 Å². The first-order valence-corrected chi connectivity index (χ1v) is 4.97. The molecule has 0 radical (unpaired) electrons. The largest absolute Gasteiger partial charge is 0.458 e.